The first kappa shape index (κ1) is 17.8. The van der Waals surface area contributed by atoms with Gasteiger partial charge in [0, 0.05) is 37.7 Å². The average molecular weight is 349 g/mol. The lowest BCUT2D eigenvalue weighted by atomic mass is 10.2. The Labute approximate surface area is 141 Å². The maximum atomic E-state index is 11.9. The molecule has 1 heterocycles. The van der Waals surface area contributed by atoms with Gasteiger partial charge >= 0.3 is 11.6 Å². The van der Waals surface area contributed by atoms with E-state index in [-0.39, 0.29) is 41.0 Å². The summed E-state index contributed by atoms with van der Waals surface area (Å²) in [4.78, 5) is 33.8. The van der Waals surface area contributed by atoms with E-state index in [1.165, 1.54) is 31.2 Å². The summed E-state index contributed by atoms with van der Waals surface area (Å²) < 4.78 is 4.30. The number of nitro benzene ring substituents is 1. The quantitative estimate of drug-likeness (QED) is 0.310. The van der Waals surface area contributed by atoms with E-state index in [0.29, 0.717) is 12.0 Å². The molecule has 0 spiro atoms. The number of hydrogen-bond acceptors (Lipinski definition) is 7. The van der Waals surface area contributed by atoms with Gasteiger partial charge in [-0.2, -0.15) is 0 Å². The van der Waals surface area contributed by atoms with Crippen LogP contribution in [0.3, 0.4) is 0 Å². The van der Waals surface area contributed by atoms with Gasteiger partial charge in [0.05, 0.1) is 10.1 Å². The number of benzene rings is 1. The first-order valence-electron chi connectivity index (χ1n) is 7.27. The maximum Gasteiger partial charge on any atom is 0.308 e. The van der Waals surface area contributed by atoms with Crippen LogP contribution in [0.1, 0.15) is 33.0 Å². The molecule has 11 heteroatoms. The molecule has 0 fully saturated rings. The van der Waals surface area contributed by atoms with E-state index >= 15 is 0 Å². The molecule has 2 aromatic rings. The minimum Gasteiger partial charge on any atom is -0.359 e. The summed E-state index contributed by atoms with van der Waals surface area (Å²) in [5.41, 5.74) is 0.170. The van der Waals surface area contributed by atoms with Crippen molar-refractivity contribution < 1.29 is 24.0 Å². The fourth-order valence-corrected chi connectivity index (χ4v) is 1.91. The zero-order valence-corrected chi connectivity index (χ0v) is 13.2. The Bertz CT molecular complexity index is 786. The van der Waals surface area contributed by atoms with Gasteiger partial charge in [0.2, 0.25) is 5.69 Å². The highest BCUT2D eigenvalue weighted by atomic mass is 16.8. The van der Waals surface area contributed by atoms with E-state index in [1.807, 2.05) is 0 Å². The highest BCUT2D eigenvalue weighted by Crippen LogP contribution is 2.11. The van der Waals surface area contributed by atoms with Gasteiger partial charge in [-0.3, -0.25) is 24.3 Å². The van der Waals surface area contributed by atoms with Crippen LogP contribution in [-0.4, -0.2) is 35.0 Å². The van der Waals surface area contributed by atoms with Crippen LogP contribution in [0.15, 0.2) is 28.9 Å². The molecule has 0 saturated heterocycles. The Morgan fingerprint density at radius 2 is 1.80 bits per heavy atom. The summed E-state index contributed by atoms with van der Waals surface area (Å²) in [5, 5.41) is 30.1. The molecular formula is C14H15N5O6. The third kappa shape index (κ3) is 4.50. The second-order valence-electron chi connectivity index (χ2n) is 5.03. The fraction of sp³-hybridized carbons (Fsp3) is 0.286. The number of rotatable bonds is 7. The number of amides is 2. The van der Waals surface area contributed by atoms with Crippen molar-refractivity contribution in [2.75, 3.05) is 13.1 Å². The number of non-ortho nitro benzene ring substituents is 1. The summed E-state index contributed by atoms with van der Waals surface area (Å²) in [6.07, 6.45) is 0.443. The molecule has 132 valence electrons. The van der Waals surface area contributed by atoms with Crippen LogP contribution < -0.4 is 15.5 Å². The van der Waals surface area contributed by atoms with E-state index < -0.39 is 10.8 Å². The van der Waals surface area contributed by atoms with Crippen molar-refractivity contribution in [3.05, 3.63) is 56.5 Å². The number of nitro groups is 1. The smallest absolute Gasteiger partial charge is 0.308 e. The van der Waals surface area contributed by atoms with Crippen molar-refractivity contribution in [1.29, 1.82) is 0 Å². The molecule has 0 atom stereocenters. The van der Waals surface area contributed by atoms with Gasteiger partial charge in [-0.25, -0.2) is 0 Å². The van der Waals surface area contributed by atoms with Crippen LogP contribution >= 0.6 is 0 Å². The average Bonchev–Trinajstić information content (AvgIpc) is 2.93. The van der Waals surface area contributed by atoms with Crippen molar-refractivity contribution in [1.82, 2.24) is 15.8 Å². The van der Waals surface area contributed by atoms with Crippen LogP contribution in [0, 0.1) is 22.2 Å². The molecule has 2 N–H and O–H groups in total. The minimum atomic E-state index is -0.546. The predicted molar refractivity (Wildman–Crippen MR) is 82.6 cm³/mol. The Kier molecular flexibility index (Phi) is 5.61. The number of carbonyl (C=O) groups excluding carboxylic acids is 2. The summed E-state index contributed by atoms with van der Waals surface area (Å²) >= 11 is 0. The van der Waals surface area contributed by atoms with Gasteiger partial charge in [-0.05, 0) is 23.5 Å². The molecule has 0 aliphatic carbocycles. The third-order valence-corrected chi connectivity index (χ3v) is 3.30. The van der Waals surface area contributed by atoms with Crippen LogP contribution in [0.2, 0.25) is 0 Å². The van der Waals surface area contributed by atoms with E-state index in [2.05, 4.69) is 20.4 Å². The number of aromatic nitrogens is 2. The second kappa shape index (κ2) is 7.86. The molecule has 0 radical (unpaired) electrons. The van der Waals surface area contributed by atoms with E-state index in [4.69, 9.17) is 0 Å². The number of hydrogen-bond donors (Lipinski definition) is 2. The molecule has 11 nitrogen and oxygen atoms in total. The lowest BCUT2D eigenvalue weighted by Crippen LogP contribution is -2.32. The molecule has 25 heavy (non-hydrogen) atoms. The van der Waals surface area contributed by atoms with Gasteiger partial charge in [-0.1, -0.05) is 0 Å². The normalized spacial score (nSPS) is 10.3. The first-order chi connectivity index (χ1) is 11.9. The summed E-state index contributed by atoms with van der Waals surface area (Å²) in [5.74, 6) is -0.918. The lowest BCUT2D eigenvalue weighted by molar-refractivity contribution is -0.806. The Balaban J connectivity index is 1.72. The van der Waals surface area contributed by atoms with Crippen LogP contribution in [0.25, 0.3) is 0 Å². The Morgan fingerprint density at radius 1 is 1.20 bits per heavy atom. The molecule has 1 aromatic heterocycles. The molecule has 0 aliphatic heterocycles. The Hall–Kier alpha value is -3.50. The maximum absolute atomic E-state index is 11.9. The van der Waals surface area contributed by atoms with E-state index in [1.54, 1.807) is 0 Å². The summed E-state index contributed by atoms with van der Waals surface area (Å²) in [7, 11) is 0. The minimum absolute atomic E-state index is 0.0592. The predicted octanol–water partition coefficient (Wildman–Crippen LogP) is 0.0745. The van der Waals surface area contributed by atoms with Crippen LogP contribution in [0.5, 0.6) is 0 Å². The van der Waals surface area contributed by atoms with Gasteiger partial charge in [0.15, 0.2) is 0 Å². The van der Waals surface area contributed by atoms with E-state index in [0.717, 1.165) is 0 Å². The zero-order chi connectivity index (χ0) is 18.4. The SMILES string of the molecule is Cc1c(C(=O)NCCCNC(=O)c2ccc([N+](=O)[O-])cc2)no[n+]1[O-]. The monoisotopic (exact) mass is 349 g/mol. The molecule has 1 aromatic carbocycles. The van der Waals surface area contributed by atoms with Crippen molar-refractivity contribution in [3.8, 4) is 0 Å². The standard InChI is InChI=1S/C14H15N5O6/c1-9-12(17-25-19(9)24)14(21)16-8-2-7-15-13(20)10-3-5-11(6-4-10)18(22)23/h3-6H,2,7-8H2,1H3,(H,15,20)(H,16,21). The molecule has 0 aliphatic rings. The number of nitrogens with one attached hydrogen (secondary N) is 2. The van der Waals surface area contributed by atoms with Crippen LogP contribution in [-0.2, 0) is 0 Å². The van der Waals surface area contributed by atoms with Gasteiger partial charge in [0.1, 0.15) is 0 Å². The number of carbonyl (C=O) groups is 2. The Morgan fingerprint density at radius 3 is 2.32 bits per heavy atom. The summed E-state index contributed by atoms with van der Waals surface area (Å²) in [6.45, 7) is 1.95. The highest BCUT2D eigenvalue weighted by Gasteiger charge is 2.22. The van der Waals surface area contributed by atoms with Crippen molar-refractivity contribution >= 4 is 17.5 Å². The topological polar surface area (TPSA) is 154 Å². The first-order valence-corrected chi connectivity index (χ1v) is 7.27. The summed E-state index contributed by atoms with van der Waals surface area (Å²) in [6, 6.07) is 5.22. The third-order valence-electron chi connectivity index (χ3n) is 3.30. The zero-order valence-electron chi connectivity index (χ0n) is 13.2. The van der Waals surface area contributed by atoms with Crippen molar-refractivity contribution in [2.45, 2.75) is 13.3 Å². The molecule has 0 bridgehead atoms. The second-order valence-corrected chi connectivity index (χ2v) is 5.03. The molecule has 0 saturated carbocycles. The largest absolute Gasteiger partial charge is 0.359 e. The molecular weight excluding hydrogens is 334 g/mol. The molecule has 2 amide bonds. The molecule has 0 unspecified atom stereocenters. The van der Waals surface area contributed by atoms with E-state index in [9.17, 15) is 24.9 Å². The lowest BCUT2D eigenvalue weighted by Gasteiger charge is -2.05. The van der Waals surface area contributed by atoms with Crippen molar-refractivity contribution in [2.24, 2.45) is 0 Å². The van der Waals surface area contributed by atoms with Crippen LogP contribution in [0.4, 0.5) is 5.69 Å². The fourth-order valence-electron chi connectivity index (χ4n) is 1.91. The van der Waals surface area contributed by atoms with Gasteiger partial charge in [-0.15, -0.1) is 0 Å². The van der Waals surface area contributed by atoms with Gasteiger partial charge in [0.25, 0.3) is 11.6 Å². The molecule has 2 rings (SSSR count). The van der Waals surface area contributed by atoms with Crippen molar-refractivity contribution in [3.63, 3.8) is 0 Å². The number of nitrogens with zero attached hydrogens (tertiary/aromatic N) is 3. The highest BCUT2D eigenvalue weighted by molar-refractivity contribution is 5.94. The van der Waals surface area contributed by atoms with Gasteiger partial charge < -0.3 is 15.8 Å².